The van der Waals surface area contributed by atoms with Gasteiger partial charge in [-0.3, -0.25) is 4.79 Å². The maximum Gasteiger partial charge on any atom is 0.258 e. The second-order valence-electron chi connectivity index (χ2n) is 8.40. The topological polar surface area (TPSA) is 178 Å². The first-order chi connectivity index (χ1) is 17.3. The van der Waals surface area contributed by atoms with Gasteiger partial charge in [0.25, 0.3) is 5.56 Å². The van der Waals surface area contributed by atoms with Crippen molar-refractivity contribution in [3.8, 4) is 29.2 Å². The lowest BCUT2D eigenvalue weighted by atomic mass is 9.82. The number of benzene rings is 1. The van der Waals surface area contributed by atoms with Crippen LogP contribution in [0.2, 0.25) is 0 Å². The number of nitrogens with two attached hydrogens (primary N) is 2. The molecule has 0 bridgehead atoms. The zero-order chi connectivity index (χ0) is 25.6. The number of hydrogen-bond donors (Lipinski definition) is 4. The van der Waals surface area contributed by atoms with Crippen molar-refractivity contribution in [2.75, 3.05) is 18.6 Å². The summed E-state index contributed by atoms with van der Waals surface area (Å²) >= 11 is 0. The number of rotatable bonds is 5. The molecule has 1 aromatic carbocycles. The van der Waals surface area contributed by atoms with Crippen LogP contribution in [0.25, 0.3) is 0 Å². The number of imidazole rings is 1. The first-order valence-electron chi connectivity index (χ1n) is 11.1. The first-order valence-corrected chi connectivity index (χ1v) is 11.1. The number of nitrogen functional groups attached to an aromatic ring is 2. The third kappa shape index (κ3) is 3.47. The average molecular weight is 486 g/mol. The zero-order valence-corrected chi connectivity index (χ0v) is 19.6. The van der Waals surface area contributed by atoms with E-state index >= 15 is 0 Å². The fraction of sp³-hybridized carbons (Fsp3) is 0.200. The van der Waals surface area contributed by atoms with E-state index in [0.29, 0.717) is 35.7 Å². The number of para-hydroxylation sites is 1. The second-order valence-corrected chi connectivity index (χ2v) is 8.40. The molecule has 0 fully saturated rings. The fourth-order valence-corrected chi connectivity index (χ4v) is 4.64. The van der Waals surface area contributed by atoms with Crippen molar-refractivity contribution in [1.29, 1.82) is 5.26 Å². The molecule has 0 aliphatic carbocycles. The SMILES string of the molecule is COc1cccc2c1Oc1nc(N)c(C#N)c(N)c1C2c1c(O)cc(C)n(CCc2cnc[nH]2)c1=O. The van der Waals surface area contributed by atoms with Gasteiger partial charge in [-0.15, -0.1) is 0 Å². The van der Waals surface area contributed by atoms with E-state index in [0.717, 1.165) is 5.69 Å². The van der Waals surface area contributed by atoms with Crippen molar-refractivity contribution in [2.45, 2.75) is 25.8 Å². The summed E-state index contributed by atoms with van der Waals surface area (Å²) in [6, 6.07) is 8.70. The Morgan fingerprint density at radius 2 is 2.14 bits per heavy atom. The van der Waals surface area contributed by atoms with Crippen LogP contribution in [0.1, 0.15) is 39.6 Å². The van der Waals surface area contributed by atoms with Crippen LogP contribution >= 0.6 is 0 Å². The van der Waals surface area contributed by atoms with Crippen molar-refractivity contribution in [2.24, 2.45) is 0 Å². The molecule has 3 aromatic heterocycles. The molecule has 1 aliphatic rings. The van der Waals surface area contributed by atoms with Gasteiger partial charge in [0.1, 0.15) is 23.2 Å². The third-order valence-electron chi connectivity index (χ3n) is 6.38. The smallest absolute Gasteiger partial charge is 0.258 e. The van der Waals surface area contributed by atoms with E-state index in [-0.39, 0.29) is 39.8 Å². The molecule has 1 unspecified atom stereocenters. The highest BCUT2D eigenvalue weighted by Crippen LogP contribution is 2.53. The minimum absolute atomic E-state index is 0.0279. The van der Waals surface area contributed by atoms with E-state index in [9.17, 15) is 15.2 Å². The van der Waals surface area contributed by atoms with Crippen molar-refractivity contribution >= 4 is 11.5 Å². The van der Waals surface area contributed by atoms with Gasteiger partial charge in [-0.1, -0.05) is 12.1 Å². The van der Waals surface area contributed by atoms with Crippen molar-refractivity contribution < 1.29 is 14.6 Å². The molecule has 36 heavy (non-hydrogen) atoms. The molecule has 0 saturated carbocycles. The van der Waals surface area contributed by atoms with Crippen molar-refractivity contribution in [3.63, 3.8) is 0 Å². The largest absolute Gasteiger partial charge is 0.507 e. The van der Waals surface area contributed by atoms with Gasteiger partial charge in [-0.05, 0) is 19.1 Å². The highest BCUT2D eigenvalue weighted by atomic mass is 16.5. The molecule has 11 nitrogen and oxygen atoms in total. The van der Waals surface area contributed by atoms with Crippen LogP contribution in [0.4, 0.5) is 11.5 Å². The monoisotopic (exact) mass is 485 g/mol. The minimum Gasteiger partial charge on any atom is -0.507 e. The number of H-pyrrole nitrogens is 1. The molecule has 0 radical (unpaired) electrons. The Labute approximate surface area is 205 Å². The molecule has 1 aliphatic heterocycles. The number of ether oxygens (including phenoxy) is 2. The Bertz CT molecular complexity index is 1590. The van der Waals surface area contributed by atoms with Crippen LogP contribution in [0.5, 0.6) is 23.1 Å². The number of aromatic amines is 1. The van der Waals surface area contributed by atoms with E-state index in [1.165, 1.54) is 13.2 Å². The Morgan fingerprint density at radius 1 is 1.33 bits per heavy atom. The van der Waals surface area contributed by atoms with E-state index in [1.807, 2.05) is 6.07 Å². The Hall–Kier alpha value is -4.98. The van der Waals surface area contributed by atoms with E-state index in [4.69, 9.17) is 20.9 Å². The second kappa shape index (κ2) is 8.66. The molecule has 5 rings (SSSR count). The molecule has 0 saturated heterocycles. The lowest BCUT2D eigenvalue weighted by Crippen LogP contribution is -2.30. The lowest BCUT2D eigenvalue weighted by Gasteiger charge is -2.30. The van der Waals surface area contributed by atoms with Gasteiger partial charge in [-0.25, -0.2) is 4.98 Å². The van der Waals surface area contributed by atoms with Gasteiger partial charge >= 0.3 is 0 Å². The molecule has 0 amide bonds. The van der Waals surface area contributed by atoms with Crippen LogP contribution < -0.4 is 26.5 Å². The first kappa shape index (κ1) is 22.8. The maximum absolute atomic E-state index is 13.9. The minimum atomic E-state index is -0.898. The van der Waals surface area contributed by atoms with Gasteiger partial charge < -0.3 is 35.6 Å². The molecule has 1 atom stereocenters. The van der Waals surface area contributed by atoms with Gasteiger partial charge in [0.2, 0.25) is 5.88 Å². The number of aryl methyl sites for hydroxylation is 2. The number of nitrogens with one attached hydrogen (secondary N) is 1. The van der Waals surface area contributed by atoms with Crippen LogP contribution in [0.15, 0.2) is 41.6 Å². The summed E-state index contributed by atoms with van der Waals surface area (Å²) in [5, 5.41) is 20.7. The molecule has 0 spiro atoms. The van der Waals surface area contributed by atoms with Gasteiger partial charge in [0.15, 0.2) is 11.5 Å². The van der Waals surface area contributed by atoms with Crippen LogP contribution in [0, 0.1) is 18.3 Å². The van der Waals surface area contributed by atoms with Gasteiger partial charge in [0.05, 0.1) is 36.2 Å². The number of pyridine rings is 2. The van der Waals surface area contributed by atoms with Gasteiger partial charge in [-0.2, -0.15) is 10.2 Å². The van der Waals surface area contributed by atoms with E-state index in [1.54, 1.807) is 42.2 Å². The predicted octanol–water partition coefficient (Wildman–Crippen LogP) is 2.55. The van der Waals surface area contributed by atoms with E-state index < -0.39 is 11.5 Å². The number of aromatic nitrogens is 4. The summed E-state index contributed by atoms with van der Waals surface area (Å²) in [6.07, 6.45) is 3.79. The average Bonchev–Trinajstić information content (AvgIpc) is 3.36. The number of methoxy groups -OCH3 is 1. The van der Waals surface area contributed by atoms with Crippen LogP contribution in [-0.4, -0.2) is 31.7 Å². The summed E-state index contributed by atoms with van der Waals surface area (Å²) in [4.78, 5) is 25.2. The summed E-state index contributed by atoms with van der Waals surface area (Å²) in [6.45, 7) is 2.09. The molecule has 4 aromatic rings. The number of anilines is 2. The number of aromatic hydroxyl groups is 1. The number of nitrogens with zero attached hydrogens (tertiary/aromatic N) is 4. The Morgan fingerprint density at radius 3 is 2.83 bits per heavy atom. The Balaban J connectivity index is 1.78. The highest BCUT2D eigenvalue weighted by molar-refractivity contribution is 5.76. The quantitative estimate of drug-likeness (QED) is 0.291. The van der Waals surface area contributed by atoms with Crippen LogP contribution in [-0.2, 0) is 13.0 Å². The molecule has 4 heterocycles. The highest BCUT2D eigenvalue weighted by Gasteiger charge is 2.38. The summed E-state index contributed by atoms with van der Waals surface area (Å²) in [5.74, 6) is -0.456. The molecule has 6 N–H and O–H groups in total. The number of fused-ring (bicyclic) bond motifs is 2. The van der Waals surface area contributed by atoms with Crippen molar-refractivity contribution in [1.82, 2.24) is 19.5 Å². The standard InChI is InChI=1S/C25H23N7O4/c1-12-8-16(33)19(25(34)32(12)7-6-13-10-29-11-30-13)18-14-4-3-5-17(35-2)22(14)36-24-20(18)21(27)15(9-26)23(28)31-24/h3-5,8,10-11,18,33H,6-7H2,1-2H3,(H,29,30)(H4,27,28,31). The number of hydrogen-bond acceptors (Lipinski definition) is 9. The van der Waals surface area contributed by atoms with Crippen molar-refractivity contribution in [3.05, 3.63) is 80.8 Å². The fourth-order valence-electron chi connectivity index (χ4n) is 4.64. The summed E-state index contributed by atoms with van der Waals surface area (Å²) < 4.78 is 13.1. The zero-order valence-electron chi connectivity index (χ0n) is 19.6. The molecular weight excluding hydrogens is 462 g/mol. The third-order valence-corrected chi connectivity index (χ3v) is 6.38. The normalized spacial score (nSPS) is 13.9. The van der Waals surface area contributed by atoms with E-state index in [2.05, 4.69) is 15.0 Å². The van der Waals surface area contributed by atoms with Gasteiger partial charge in [0, 0.05) is 36.1 Å². The summed E-state index contributed by atoms with van der Waals surface area (Å²) in [5.41, 5.74) is 14.3. The molecule has 182 valence electrons. The Kier molecular flexibility index (Phi) is 5.49. The summed E-state index contributed by atoms with van der Waals surface area (Å²) in [7, 11) is 1.49. The predicted molar refractivity (Wildman–Crippen MR) is 131 cm³/mol. The maximum atomic E-state index is 13.9. The molecular formula is C25H23N7O4. The lowest BCUT2D eigenvalue weighted by molar-refractivity contribution is 0.362. The van der Waals surface area contributed by atoms with Crippen LogP contribution in [0.3, 0.4) is 0 Å². The number of nitriles is 1. The molecule has 11 heteroatoms.